The molecule has 0 aliphatic rings. The van der Waals surface area contributed by atoms with Gasteiger partial charge in [-0.1, -0.05) is 6.92 Å². The second-order valence-corrected chi connectivity index (χ2v) is 2.35. The zero-order chi connectivity index (χ0) is 7.98. The largest absolute Gasteiger partial charge is 0.274 e. The highest BCUT2D eigenvalue weighted by molar-refractivity contribution is 6.18. The molecule has 1 atom stereocenters. The molecule has 56 valence electrons. The number of aliphatic imine (C=N–C) groups is 1. The van der Waals surface area contributed by atoms with E-state index >= 15 is 0 Å². The molecule has 0 heterocycles. The predicted molar refractivity (Wildman–Crippen MR) is 43.5 cm³/mol. The Morgan fingerprint density at radius 2 is 2.40 bits per heavy atom. The van der Waals surface area contributed by atoms with Crippen molar-refractivity contribution in [3.63, 3.8) is 0 Å². The van der Waals surface area contributed by atoms with Crippen molar-refractivity contribution in [3.8, 4) is 6.07 Å². The average molecular weight is 159 g/mol. The third kappa shape index (κ3) is 3.47. The van der Waals surface area contributed by atoms with Gasteiger partial charge in [0.25, 0.3) is 0 Å². The van der Waals surface area contributed by atoms with Gasteiger partial charge in [-0.15, -0.1) is 11.6 Å². The Balaban J connectivity index is 3.96. The molecule has 0 N–H and O–H groups in total. The topological polar surface area (TPSA) is 36.1 Å². The van der Waals surface area contributed by atoms with E-state index in [-0.39, 0.29) is 6.04 Å². The van der Waals surface area contributed by atoms with Gasteiger partial charge in [0.05, 0.1) is 6.04 Å². The van der Waals surface area contributed by atoms with Crippen LogP contribution in [0.15, 0.2) is 4.99 Å². The fourth-order valence-electron chi connectivity index (χ4n) is 0.538. The number of halogens is 1. The molecule has 0 aliphatic carbocycles. The minimum atomic E-state index is 0.112. The summed E-state index contributed by atoms with van der Waals surface area (Å²) >= 11 is 5.55. The number of rotatable bonds is 3. The van der Waals surface area contributed by atoms with Crippen LogP contribution in [-0.4, -0.2) is 17.6 Å². The normalized spacial score (nSPS) is 14.4. The molecule has 0 spiro atoms. The van der Waals surface area contributed by atoms with Crippen LogP contribution in [0.3, 0.4) is 0 Å². The summed E-state index contributed by atoms with van der Waals surface area (Å²) in [4.78, 5) is 4.06. The Labute approximate surface area is 66.5 Å². The summed E-state index contributed by atoms with van der Waals surface area (Å²) < 4.78 is 0. The smallest absolute Gasteiger partial charge is 0.114 e. The fraction of sp³-hybridized carbons (Fsp3) is 0.714. The van der Waals surface area contributed by atoms with E-state index in [0.29, 0.717) is 11.6 Å². The van der Waals surface area contributed by atoms with E-state index in [1.165, 1.54) is 0 Å². The number of nitrogens with zero attached hydrogens (tertiary/aromatic N) is 2. The minimum Gasteiger partial charge on any atom is -0.274 e. The summed E-state index contributed by atoms with van der Waals surface area (Å²) in [6, 6.07) is 2.07. The van der Waals surface area contributed by atoms with Crippen molar-refractivity contribution in [2.45, 2.75) is 26.3 Å². The van der Waals surface area contributed by atoms with Crippen molar-refractivity contribution >= 4 is 17.3 Å². The van der Waals surface area contributed by atoms with E-state index < -0.39 is 0 Å². The highest BCUT2D eigenvalue weighted by Gasteiger charge is 2.00. The highest BCUT2D eigenvalue weighted by Crippen LogP contribution is 1.99. The molecule has 0 fully saturated rings. The Hall–Kier alpha value is -0.550. The van der Waals surface area contributed by atoms with Gasteiger partial charge in [0.15, 0.2) is 0 Å². The standard InChI is InChI=1S/C7H11ClN2/c1-3-7(4-8)10-6(2)5-9/h7H,3-4H2,1-2H3. The van der Waals surface area contributed by atoms with Gasteiger partial charge in [0.1, 0.15) is 11.8 Å². The molecule has 0 aromatic rings. The van der Waals surface area contributed by atoms with Crippen LogP contribution in [0.1, 0.15) is 20.3 Å². The maximum Gasteiger partial charge on any atom is 0.114 e. The molecule has 0 saturated carbocycles. The van der Waals surface area contributed by atoms with Gasteiger partial charge in [0, 0.05) is 5.88 Å². The van der Waals surface area contributed by atoms with Crippen molar-refractivity contribution in [2.24, 2.45) is 4.99 Å². The van der Waals surface area contributed by atoms with Gasteiger partial charge in [-0.05, 0) is 13.3 Å². The summed E-state index contributed by atoms with van der Waals surface area (Å²) in [7, 11) is 0. The first-order valence-electron chi connectivity index (χ1n) is 3.25. The lowest BCUT2D eigenvalue weighted by atomic mass is 10.3. The first-order valence-corrected chi connectivity index (χ1v) is 3.78. The lowest BCUT2D eigenvalue weighted by Crippen LogP contribution is -2.06. The van der Waals surface area contributed by atoms with E-state index in [2.05, 4.69) is 4.99 Å². The van der Waals surface area contributed by atoms with Crippen LogP contribution < -0.4 is 0 Å². The third-order valence-corrected chi connectivity index (χ3v) is 1.54. The highest BCUT2D eigenvalue weighted by atomic mass is 35.5. The molecule has 0 rings (SSSR count). The van der Waals surface area contributed by atoms with E-state index in [9.17, 15) is 0 Å². The van der Waals surface area contributed by atoms with Crippen LogP contribution in [0.4, 0.5) is 0 Å². The summed E-state index contributed by atoms with van der Waals surface area (Å²) in [6.07, 6.45) is 0.891. The second-order valence-electron chi connectivity index (χ2n) is 2.04. The van der Waals surface area contributed by atoms with Crippen LogP contribution in [0.5, 0.6) is 0 Å². The van der Waals surface area contributed by atoms with Gasteiger partial charge in [-0.2, -0.15) is 5.26 Å². The Morgan fingerprint density at radius 3 is 2.70 bits per heavy atom. The molecule has 0 amide bonds. The molecule has 0 aromatic carbocycles. The van der Waals surface area contributed by atoms with Crippen LogP contribution in [0.2, 0.25) is 0 Å². The summed E-state index contributed by atoms with van der Waals surface area (Å²) in [5, 5.41) is 8.35. The molecular formula is C7H11ClN2. The SMILES string of the molecule is CCC(CCl)N=C(C)C#N. The third-order valence-electron chi connectivity index (χ3n) is 1.19. The molecule has 2 nitrogen and oxygen atoms in total. The van der Waals surface area contributed by atoms with Crippen molar-refractivity contribution < 1.29 is 0 Å². The first-order chi connectivity index (χ1) is 4.74. The van der Waals surface area contributed by atoms with E-state index in [4.69, 9.17) is 16.9 Å². The minimum absolute atomic E-state index is 0.112. The molecule has 10 heavy (non-hydrogen) atoms. The maximum absolute atomic E-state index is 8.35. The van der Waals surface area contributed by atoms with Gasteiger partial charge in [0.2, 0.25) is 0 Å². The summed E-state index contributed by atoms with van der Waals surface area (Å²) in [6.45, 7) is 3.69. The molecular weight excluding hydrogens is 148 g/mol. The Morgan fingerprint density at radius 1 is 1.80 bits per heavy atom. The van der Waals surface area contributed by atoms with Gasteiger partial charge in [-0.3, -0.25) is 4.99 Å². The number of hydrogen-bond acceptors (Lipinski definition) is 2. The quantitative estimate of drug-likeness (QED) is 0.457. The molecule has 0 radical (unpaired) electrons. The number of nitriles is 1. The lowest BCUT2D eigenvalue weighted by molar-refractivity contribution is 0.724. The molecule has 0 bridgehead atoms. The van der Waals surface area contributed by atoms with E-state index in [1.54, 1.807) is 6.92 Å². The van der Waals surface area contributed by atoms with Crippen molar-refractivity contribution in [1.82, 2.24) is 0 Å². The monoisotopic (exact) mass is 158 g/mol. The van der Waals surface area contributed by atoms with Crippen LogP contribution in [0, 0.1) is 11.3 Å². The molecule has 1 unspecified atom stereocenters. The maximum atomic E-state index is 8.35. The second kappa shape index (κ2) is 5.25. The van der Waals surface area contributed by atoms with Gasteiger partial charge in [-0.25, -0.2) is 0 Å². The van der Waals surface area contributed by atoms with Crippen molar-refractivity contribution in [3.05, 3.63) is 0 Å². The Kier molecular flexibility index (Phi) is 4.96. The molecule has 3 heteroatoms. The van der Waals surface area contributed by atoms with Crippen LogP contribution >= 0.6 is 11.6 Å². The molecule has 0 aliphatic heterocycles. The van der Waals surface area contributed by atoms with Gasteiger partial charge >= 0.3 is 0 Å². The molecule has 0 aromatic heterocycles. The average Bonchev–Trinajstić information content (AvgIpc) is 1.99. The summed E-state index contributed by atoms with van der Waals surface area (Å²) in [5.41, 5.74) is 0.507. The van der Waals surface area contributed by atoms with Crippen molar-refractivity contribution in [2.75, 3.05) is 5.88 Å². The van der Waals surface area contributed by atoms with Gasteiger partial charge < -0.3 is 0 Å². The van der Waals surface area contributed by atoms with Crippen LogP contribution in [-0.2, 0) is 0 Å². The fourth-order valence-corrected chi connectivity index (χ4v) is 0.825. The first kappa shape index (κ1) is 9.45. The molecule has 0 saturated heterocycles. The zero-order valence-electron chi connectivity index (χ0n) is 6.26. The van der Waals surface area contributed by atoms with E-state index in [1.807, 2.05) is 13.0 Å². The number of alkyl halides is 1. The van der Waals surface area contributed by atoms with Crippen LogP contribution in [0.25, 0.3) is 0 Å². The summed E-state index contributed by atoms with van der Waals surface area (Å²) in [5.74, 6) is 0.496. The van der Waals surface area contributed by atoms with Crippen molar-refractivity contribution in [1.29, 1.82) is 5.26 Å². The lowest BCUT2D eigenvalue weighted by Gasteiger charge is -2.02. The predicted octanol–water partition coefficient (Wildman–Crippen LogP) is 1.99. The number of hydrogen-bond donors (Lipinski definition) is 0. The Bertz CT molecular complexity index is 153. The zero-order valence-corrected chi connectivity index (χ0v) is 7.02. The van der Waals surface area contributed by atoms with E-state index in [0.717, 1.165) is 6.42 Å².